The highest BCUT2D eigenvalue weighted by Crippen LogP contribution is 2.59. The minimum atomic E-state index is -1.60. The van der Waals surface area contributed by atoms with Gasteiger partial charge in [-0.05, 0) is 5.41 Å². The monoisotopic (exact) mass is 333 g/mol. The van der Waals surface area contributed by atoms with Crippen molar-refractivity contribution in [3.05, 3.63) is 34.9 Å². The first-order valence-electron chi connectivity index (χ1n) is 6.73. The van der Waals surface area contributed by atoms with Gasteiger partial charge in [0.15, 0.2) is 29.2 Å². The standard InChI is InChI=1S/C15H15F4NO3/c1-15(2)9(13(20)22-3)10(15)14(21)23-5-6-11(18)7(16)4-8(17)12(6)19/h4,9-10,20H,5H2,1-3H3/t9-,10-/m0/s1. The van der Waals surface area contributed by atoms with Crippen molar-refractivity contribution in [3.63, 3.8) is 0 Å². The van der Waals surface area contributed by atoms with E-state index < -0.39 is 58.7 Å². The van der Waals surface area contributed by atoms with E-state index in [1.807, 2.05) is 0 Å². The minimum Gasteiger partial charge on any atom is -0.484 e. The minimum absolute atomic E-state index is 0.0793. The molecule has 1 saturated carbocycles. The van der Waals surface area contributed by atoms with Crippen LogP contribution in [0.3, 0.4) is 0 Å². The average molecular weight is 333 g/mol. The molecule has 1 aliphatic rings. The van der Waals surface area contributed by atoms with Crippen LogP contribution in [0.4, 0.5) is 17.6 Å². The van der Waals surface area contributed by atoms with Crippen LogP contribution < -0.4 is 0 Å². The molecule has 0 unspecified atom stereocenters. The molecule has 1 aliphatic carbocycles. The second kappa shape index (κ2) is 5.82. The summed E-state index contributed by atoms with van der Waals surface area (Å²) < 4.78 is 62.7. The van der Waals surface area contributed by atoms with Gasteiger partial charge in [0.1, 0.15) is 6.61 Å². The molecule has 0 bridgehead atoms. The van der Waals surface area contributed by atoms with Gasteiger partial charge < -0.3 is 9.47 Å². The molecule has 4 nitrogen and oxygen atoms in total. The zero-order valence-corrected chi connectivity index (χ0v) is 12.7. The van der Waals surface area contributed by atoms with Gasteiger partial charge >= 0.3 is 5.97 Å². The van der Waals surface area contributed by atoms with E-state index in [-0.39, 0.29) is 12.0 Å². The Morgan fingerprint density at radius 3 is 2.17 bits per heavy atom. The van der Waals surface area contributed by atoms with Gasteiger partial charge in [0.05, 0.1) is 24.5 Å². The first-order chi connectivity index (χ1) is 10.6. The maximum Gasteiger partial charge on any atom is 0.310 e. The largest absolute Gasteiger partial charge is 0.484 e. The molecule has 23 heavy (non-hydrogen) atoms. The third-order valence-corrected chi connectivity index (χ3v) is 4.15. The van der Waals surface area contributed by atoms with Crippen LogP contribution in [0.25, 0.3) is 0 Å². The topological polar surface area (TPSA) is 59.4 Å². The van der Waals surface area contributed by atoms with Gasteiger partial charge in [-0.1, -0.05) is 13.8 Å². The molecule has 0 heterocycles. The Balaban J connectivity index is 2.11. The molecule has 2 atom stereocenters. The first kappa shape index (κ1) is 17.2. The van der Waals surface area contributed by atoms with Crippen LogP contribution in [0.2, 0.25) is 0 Å². The Morgan fingerprint density at radius 1 is 1.17 bits per heavy atom. The van der Waals surface area contributed by atoms with Crippen LogP contribution in [0.15, 0.2) is 6.07 Å². The van der Waals surface area contributed by atoms with E-state index in [2.05, 4.69) is 0 Å². The van der Waals surface area contributed by atoms with Gasteiger partial charge in [-0.25, -0.2) is 17.6 Å². The summed E-state index contributed by atoms with van der Waals surface area (Å²) in [5, 5.41) is 7.61. The molecular weight excluding hydrogens is 318 g/mol. The number of carbonyl (C=O) groups excluding carboxylic acids is 1. The van der Waals surface area contributed by atoms with E-state index in [9.17, 15) is 22.4 Å². The molecule has 0 amide bonds. The third kappa shape index (κ3) is 2.89. The van der Waals surface area contributed by atoms with E-state index >= 15 is 0 Å². The number of hydrogen-bond donors (Lipinski definition) is 1. The Hall–Kier alpha value is -2.12. The van der Waals surface area contributed by atoms with Crippen molar-refractivity contribution in [3.8, 4) is 0 Å². The summed E-state index contributed by atoms with van der Waals surface area (Å²) in [6.07, 6.45) is 0. The summed E-state index contributed by atoms with van der Waals surface area (Å²) in [6, 6.07) is 0.0793. The van der Waals surface area contributed by atoms with Crippen molar-refractivity contribution in [2.45, 2.75) is 20.5 Å². The fraction of sp³-hybridized carbons (Fsp3) is 0.467. The molecule has 1 aromatic carbocycles. The van der Waals surface area contributed by atoms with Crippen molar-refractivity contribution >= 4 is 11.9 Å². The Kier molecular flexibility index (Phi) is 4.37. The van der Waals surface area contributed by atoms with Gasteiger partial charge in [0, 0.05) is 6.07 Å². The maximum atomic E-state index is 13.5. The van der Waals surface area contributed by atoms with Crippen LogP contribution >= 0.6 is 0 Å². The summed E-state index contributed by atoms with van der Waals surface area (Å²) >= 11 is 0. The number of halogens is 4. The lowest BCUT2D eigenvalue weighted by molar-refractivity contribution is -0.147. The Labute approximate surface area is 129 Å². The summed E-state index contributed by atoms with van der Waals surface area (Å²) in [6.45, 7) is 2.48. The molecule has 0 aromatic heterocycles. The number of methoxy groups -OCH3 is 1. The van der Waals surface area contributed by atoms with Crippen LogP contribution in [0.5, 0.6) is 0 Å². The quantitative estimate of drug-likeness (QED) is 0.303. The van der Waals surface area contributed by atoms with Crippen LogP contribution in [0.1, 0.15) is 19.4 Å². The lowest BCUT2D eigenvalue weighted by Crippen LogP contribution is -2.14. The highest BCUT2D eigenvalue weighted by molar-refractivity contribution is 5.90. The fourth-order valence-corrected chi connectivity index (χ4v) is 2.68. The van der Waals surface area contributed by atoms with Gasteiger partial charge in [-0.3, -0.25) is 10.2 Å². The molecular formula is C15H15F4NO3. The van der Waals surface area contributed by atoms with Crippen LogP contribution in [-0.2, 0) is 20.9 Å². The molecule has 0 spiro atoms. The lowest BCUT2D eigenvalue weighted by Gasteiger charge is -2.09. The summed E-state index contributed by atoms with van der Waals surface area (Å²) in [4.78, 5) is 12.0. The zero-order valence-electron chi connectivity index (χ0n) is 12.7. The lowest BCUT2D eigenvalue weighted by atomic mass is 10.1. The molecule has 0 radical (unpaired) electrons. The molecule has 0 aliphatic heterocycles. The number of rotatable bonds is 4. The number of hydrogen-bond acceptors (Lipinski definition) is 4. The average Bonchev–Trinajstić information content (AvgIpc) is 3.06. The second-order valence-corrected chi connectivity index (χ2v) is 5.90. The van der Waals surface area contributed by atoms with Gasteiger partial charge in [-0.15, -0.1) is 0 Å². The van der Waals surface area contributed by atoms with Crippen LogP contribution in [0, 0.1) is 45.9 Å². The normalized spacial score (nSPS) is 21.7. The fourth-order valence-electron chi connectivity index (χ4n) is 2.68. The Bertz CT molecular complexity index is 649. The van der Waals surface area contributed by atoms with Gasteiger partial charge in [0.25, 0.3) is 0 Å². The van der Waals surface area contributed by atoms with E-state index in [4.69, 9.17) is 14.9 Å². The SMILES string of the molecule is COC(=N)[C@@H]1[C@@H](C(=O)OCc2c(F)c(F)cc(F)c2F)C1(C)C. The molecule has 1 fully saturated rings. The van der Waals surface area contributed by atoms with Crippen LogP contribution in [-0.4, -0.2) is 19.0 Å². The molecule has 2 rings (SSSR count). The molecule has 126 valence electrons. The predicted molar refractivity (Wildman–Crippen MR) is 71.6 cm³/mol. The number of benzene rings is 1. The van der Waals surface area contributed by atoms with E-state index in [1.54, 1.807) is 13.8 Å². The zero-order chi connectivity index (χ0) is 17.5. The molecule has 1 aromatic rings. The number of carbonyl (C=O) groups is 1. The second-order valence-electron chi connectivity index (χ2n) is 5.90. The van der Waals surface area contributed by atoms with E-state index in [0.29, 0.717) is 0 Å². The van der Waals surface area contributed by atoms with Crippen molar-refractivity contribution in [1.82, 2.24) is 0 Å². The summed E-state index contributed by atoms with van der Waals surface area (Å²) in [5.74, 6) is -8.50. The predicted octanol–water partition coefficient (Wildman–Crippen LogP) is 3.18. The van der Waals surface area contributed by atoms with E-state index in [0.717, 1.165) is 0 Å². The summed E-state index contributed by atoms with van der Waals surface area (Å²) in [7, 11) is 1.29. The molecule has 1 N–H and O–H groups in total. The molecule has 8 heteroatoms. The third-order valence-electron chi connectivity index (χ3n) is 4.15. The van der Waals surface area contributed by atoms with Crippen molar-refractivity contribution in [2.75, 3.05) is 7.11 Å². The smallest absolute Gasteiger partial charge is 0.310 e. The maximum absolute atomic E-state index is 13.5. The van der Waals surface area contributed by atoms with Crippen molar-refractivity contribution in [2.24, 2.45) is 17.3 Å². The first-order valence-corrected chi connectivity index (χ1v) is 6.73. The van der Waals surface area contributed by atoms with Gasteiger partial charge in [-0.2, -0.15) is 0 Å². The summed E-state index contributed by atoms with van der Waals surface area (Å²) in [5.41, 5.74) is -1.60. The highest BCUT2D eigenvalue weighted by atomic mass is 19.2. The number of esters is 1. The number of ether oxygens (including phenoxy) is 2. The highest BCUT2D eigenvalue weighted by Gasteiger charge is 2.65. The number of nitrogens with one attached hydrogen (secondary N) is 1. The van der Waals surface area contributed by atoms with Crippen molar-refractivity contribution in [1.29, 1.82) is 5.41 Å². The van der Waals surface area contributed by atoms with Crippen molar-refractivity contribution < 1.29 is 31.8 Å². The Morgan fingerprint density at radius 2 is 1.70 bits per heavy atom. The van der Waals surface area contributed by atoms with E-state index in [1.165, 1.54) is 7.11 Å². The molecule has 0 saturated heterocycles. The van der Waals surface area contributed by atoms with Gasteiger partial charge in [0.2, 0.25) is 0 Å².